The van der Waals surface area contributed by atoms with Gasteiger partial charge >= 0.3 is 0 Å². The minimum Gasteiger partial charge on any atom is -0.376 e. The van der Waals surface area contributed by atoms with Crippen LogP contribution >= 0.6 is 15.9 Å². The fourth-order valence-electron chi connectivity index (χ4n) is 2.13. The number of carbonyl (C=O) groups is 2. The monoisotopic (exact) mass is 417 g/mol. The Morgan fingerprint density at radius 2 is 1.54 bits per heavy atom. The Bertz CT molecular complexity index is 756. The van der Waals surface area contributed by atoms with Crippen LogP contribution in [0.1, 0.15) is 37.6 Å². The number of amides is 2. The summed E-state index contributed by atoms with van der Waals surface area (Å²) in [7, 11) is 0. The first-order chi connectivity index (χ1) is 12.3. The highest BCUT2D eigenvalue weighted by molar-refractivity contribution is 9.10. The van der Waals surface area contributed by atoms with Gasteiger partial charge in [-0.1, -0.05) is 22.9 Å². The summed E-state index contributed by atoms with van der Waals surface area (Å²) >= 11 is 3.36. The third kappa shape index (κ3) is 6.19. The van der Waals surface area contributed by atoms with E-state index in [4.69, 9.17) is 0 Å². The summed E-state index contributed by atoms with van der Waals surface area (Å²) < 4.78 is 0.958. The molecule has 2 rings (SSSR count). The molecule has 0 radical (unpaired) electrons. The lowest BCUT2D eigenvalue weighted by Crippen LogP contribution is -2.42. The van der Waals surface area contributed by atoms with Crippen molar-refractivity contribution in [1.29, 1.82) is 0 Å². The molecule has 0 spiro atoms. The van der Waals surface area contributed by atoms with Gasteiger partial charge in [-0.25, -0.2) is 0 Å². The van der Waals surface area contributed by atoms with Crippen molar-refractivity contribution in [2.24, 2.45) is 0 Å². The number of hydrogen-bond acceptors (Lipinski definition) is 3. The number of benzene rings is 2. The average molecular weight is 418 g/mol. The maximum absolute atomic E-state index is 12.2. The van der Waals surface area contributed by atoms with Crippen molar-refractivity contribution in [2.75, 3.05) is 17.2 Å². The van der Waals surface area contributed by atoms with Crippen LogP contribution in [-0.4, -0.2) is 23.9 Å². The van der Waals surface area contributed by atoms with Crippen molar-refractivity contribution in [3.63, 3.8) is 0 Å². The molecule has 0 fully saturated rings. The van der Waals surface area contributed by atoms with E-state index in [-0.39, 0.29) is 23.9 Å². The molecule has 0 aliphatic heterocycles. The van der Waals surface area contributed by atoms with Crippen LogP contribution < -0.4 is 16.0 Å². The average Bonchev–Trinajstić information content (AvgIpc) is 2.62. The molecule has 3 N–H and O–H groups in total. The van der Waals surface area contributed by atoms with Gasteiger partial charge in [0.2, 0.25) is 5.91 Å². The van der Waals surface area contributed by atoms with Crippen LogP contribution in [0.4, 0.5) is 11.4 Å². The Morgan fingerprint density at radius 1 is 0.962 bits per heavy atom. The van der Waals surface area contributed by atoms with Crippen LogP contribution in [0.3, 0.4) is 0 Å². The van der Waals surface area contributed by atoms with Gasteiger partial charge in [-0.3, -0.25) is 9.59 Å². The van der Waals surface area contributed by atoms with Crippen molar-refractivity contribution >= 4 is 39.1 Å². The first-order valence-corrected chi connectivity index (χ1v) is 9.30. The molecular formula is C20H24BrN3O2. The van der Waals surface area contributed by atoms with Crippen LogP contribution in [0.25, 0.3) is 0 Å². The van der Waals surface area contributed by atoms with Gasteiger partial charge in [0.05, 0.1) is 6.54 Å². The number of anilines is 2. The van der Waals surface area contributed by atoms with E-state index in [9.17, 15) is 9.59 Å². The predicted octanol–water partition coefficient (Wildman–Crippen LogP) is 4.42. The summed E-state index contributed by atoms with van der Waals surface area (Å²) in [5.41, 5.74) is 1.88. The number of halogens is 1. The molecule has 2 aromatic rings. The minimum absolute atomic E-state index is 0.101. The van der Waals surface area contributed by atoms with Gasteiger partial charge in [0.25, 0.3) is 5.91 Å². The Balaban J connectivity index is 1.86. The lowest BCUT2D eigenvalue weighted by Gasteiger charge is -2.24. The van der Waals surface area contributed by atoms with Gasteiger partial charge < -0.3 is 16.0 Å². The molecule has 2 amide bonds. The van der Waals surface area contributed by atoms with Crippen molar-refractivity contribution in [3.05, 3.63) is 58.6 Å². The van der Waals surface area contributed by atoms with Gasteiger partial charge in [0, 0.05) is 26.9 Å². The highest BCUT2D eigenvalue weighted by atomic mass is 79.9. The molecule has 0 saturated heterocycles. The van der Waals surface area contributed by atoms with Crippen LogP contribution in [0.15, 0.2) is 53.0 Å². The summed E-state index contributed by atoms with van der Waals surface area (Å²) in [5.74, 6) is -0.241. The molecule has 0 saturated carbocycles. The first-order valence-electron chi connectivity index (χ1n) is 8.51. The lowest BCUT2D eigenvalue weighted by molar-refractivity contribution is -0.114. The fourth-order valence-corrected chi connectivity index (χ4v) is 2.39. The van der Waals surface area contributed by atoms with E-state index in [0.29, 0.717) is 5.56 Å². The summed E-state index contributed by atoms with van der Waals surface area (Å²) in [6, 6.07) is 14.5. The van der Waals surface area contributed by atoms with E-state index in [0.717, 1.165) is 22.3 Å². The Hall–Kier alpha value is -2.34. The Labute approximate surface area is 162 Å². The van der Waals surface area contributed by atoms with Crippen molar-refractivity contribution in [2.45, 2.75) is 32.7 Å². The quantitative estimate of drug-likeness (QED) is 0.624. The van der Waals surface area contributed by atoms with E-state index in [1.54, 1.807) is 24.3 Å². The fraction of sp³-hybridized carbons (Fsp3) is 0.300. The zero-order valence-corrected chi connectivity index (χ0v) is 16.8. The molecule has 0 bridgehead atoms. The van der Waals surface area contributed by atoms with Crippen LogP contribution in [0.2, 0.25) is 0 Å². The van der Waals surface area contributed by atoms with Crippen LogP contribution in [0, 0.1) is 0 Å². The van der Waals surface area contributed by atoms with E-state index in [2.05, 4.69) is 31.9 Å². The molecule has 0 aliphatic rings. The molecule has 0 unspecified atom stereocenters. The zero-order chi connectivity index (χ0) is 19.2. The summed E-state index contributed by atoms with van der Waals surface area (Å²) in [4.78, 5) is 24.2. The van der Waals surface area contributed by atoms with Crippen LogP contribution in [0.5, 0.6) is 0 Å². The van der Waals surface area contributed by atoms with Crippen molar-refractivity contribution in [3.8, 4) is 0 Å². The van der Waals surface area contributed by atoms with E-state index in [1.165, 1.54) is 0 Å². The second kappa shape index (κ2) is 8.85. The van der Waals surface area contributed by atoms with E-state index in [1.807, 2.05) is 45.0 Å². The third-order valence-corrected chi connectivity index (χ3v) is 4.59. The smallest absolute Gasteiger partial charge is 0.251 e. The first kappa shape index (κ1) is 20.0. The predicted molar refractivity (Wildman–Crippen MR) is 110 cm³/mol. The van der Waals surface area contributed by atoms with E-state index < -0.39 is 0 Å². The van der Waals surface area contributed by atoms with Crippen LogP contribution in [-0.2, 0) is 4.79 Å². The molecule has 26 heavy (non-hydrogen) atoms. The number of hydrogen-bond donors (Lipinski definition) is 3. The van der Waals surface area contributed by atoms with Gasteiger partial charge in [0.1, 0.15) is 0 Å². The molecule has 6 heteroatoms. The highest BCUT2D eigenvalue weighted by Gasteiger charge is 2.18. The maximum atomic E-state index is 12.2. The van der Waals surface area contributed by atoms with Crippen molar-refractivity contribution < 1.29 is 9.59 Å². The molecule has 2 aromatic carbocycles. The molecule has 138 valence electrons. The molecule has 0 aromatic heterocycles. The summed E-state index contributed by atoms with van der Waals surface area (Å²) in [5, 5.41) is 8.86. The third-order valence-electron chi connectivity index (χ3n) is 4.06. The molecule has 0 atom stereocenters. The largest absolute Gasteiger partial charge is 0.376 e. The lowest BCUT2D eigenvalue weighted by atomic mass is 10.0. The standard InChI is InChI=1S/C20H24BrN3O2/c1-4-20(2,3)24-19(26)14-5-9-16(10-6-14)22-13-18(25)23-17-11-7-15(21)8-12-17/h5-12,22H,4,13H2,1-3H3,(H,23,25)(H,24,26). The SMILES string of the molecule is CCC(C)(C)NC(=O)c1ccc(NCC(=O)Nc2ccc(Br)cc2)cc1. The number of rotatable bonds is 7. The topological polar surface area (TPSA) is 70.2 Å². The Morgan fingerprint density at radius 3 is 2.12 bits per heavy atom. The molecule has 5 nitrogen and oxygen atoms in total. The van der Waals surface area contributed by atoms with Gasteiger partial charge in [0.15, 0.2) is 0 Å². The Kier molecular flexibility index (Phi) is 6.80. The number of nitrogens with one attached hydrogen (secondary N) is 3. The number of carbonyl (C=O) groups excluding carboxylic acids is 2. The van der Waals surface area contributed by atoms with Gasteiger partial charge in [-0.05, 0) is 68.8 Å². The summed E-state index contributed by atoms with van der Waals surface area (Å²) in [6.07, 6.45) is 0.853. The molecular weight excluding hydrogens is 394 g/mol. The zero-order valence-electron chi connectivity index (χ0n) is 15.2. The second-order valence-electron chi connectivity index (χ2n) is 6.68. The van der Waals surface area contributed by atoms with Gasteiger partial charge in [-0.2, -0.15) is 0 Å². The van der Waals surface area contributed by atoms with Gasteiger partial charge in [-0.15, -0.1) is 0 Å². The highest BCUT2D eigenvalue weighted by Crippen LogP contribution is 2.15. The van der Waals surface area contributed by atoms with Crippen molar-refractivity contribution in [1.82, 2.24) is 5.32 Å². The maximum Gasteiger partial charge on any atom is 0.251 e. The second-order valence-corrected chi connectivity index (χ2v) is 7.59. The normalized spacial score (nSPS) is 10.9. The molecule has 0 heterocycles. The van der Waals surface area contributed by atoms with E-state index >= 15 is 0 Å². The minimum atomic E-state index is -0.237. The summed E-state index contributed by atoms with van der Waals surface area (Å²) in [6.45, 7) is 6.16. The molecule has 0 aliphatic carbocycles.